The van der Waals surface area contributed by atoms with Crippen LogP contribution in [0.25, 0.3) is 0 Å². The Morgan fingerprint density at radius 2 is 2.00 bits per heavy atom. The van der Waals surface area contributed by atoms with Crippen LogP contribution in [0, 0.1) is 0 Å². The minimum absolute atomic E-state index is 0.866. The lowest BCUT2D eigenvalue weighted by Gasteiger charge is -2.17. The molecule has 0 atom stereocenters. The molecule has 0 amide bonds. The molecule has 0 bridgehead atoms. The van der Waals surface area contributed by atoms with E-state index in [9.17, 15) is 0 Å². The molecular formula is C14H18O. The Labute approximate surface area is 91.8 Å². The van der Waals surface area contributed by atoms with E-state index in [4.69, 9.17) is 4.74 Å². The van der Waals surface area contributed by atoms with E-state index in [1.54, 1.807) is 0 Å². The first kappa shape index (κ1) is 10.3. The molecule has 1 nitrogen and oxygen atoms in total. The van der Waals surface area contributed by atoms with Crippen LogP contribution >= 0.6 is 0 Å². The van der Waals surface area contributed by atoms with Crippen molar-refractivity contribution in [3.05, 3.63) is 47.2 Å². The molecule has 0 aromatic heterocycles. The van der Waals surface area contributed by atoms with Gasteiger partial charge in [-0.05, 0) is 30.0 Å². The topological polar surface area (TPSA) is 9.23 Å². The monoisotopic (exact) mass is 202 g/mol. The second-order valence-electron chi connectivity index (χ2n) is 4.02. The van der Waals surface area contributed by atoms with Crippen LogP contribution < -0.4 is 0 Å². The molecule has 0 saturated heterocycles. The summed E-state index contributed by atoms with van der Waals surface area (Å²) in [5, 5.41) is 0. The second-order valence-corrected chi connectivity index (χ2v) is 4.02. The van der Waals surface area contributed by atoms with Crippen molar-refractivity contribution < 1.29 is 4.74 Å². The molecule has 0 unspecified atom stereocenters. The van der Waals surface area contributed by atoms with E-state index in [-0.39, 0.29) is 0 Å². The summed E-state index contributed by atoms with van der Waals surface area (Å²) in [6, 6.07) is 8.61. The standard InChI is InChI=1S/C14H18O/c1-2-3-10-15-14-9-8-12-6-4-5-7-13(12)11-14/h4-7,9H,2-3,8,10-11H2,1H3. The fraction of sp³-hybridized carbons (Fsp3) is 0.429. The van der Waals surface area contributed by atoms with Crippen molar-refractivity contribution >= 4 is 0 Å². The maximum absolute atomic E-state index is 5.74. The van der Waals surface area contributed by atoms with Crippen LogP contribution in [-0.4, -0.2) is 6.61 Å². The van der Waals surface area contributed by atoms with Gasteiger partial charge in [0.2, 0.25) is 0 Å². The highest BCUT2D eigenvalue weighted by atomic mass is 16.5. The average Bonchev–Trinajstić information content (AvgIpc) is 2.29. The van der Waals surface area contributed by atoms with E-state index in [0.29, 0.717) is 0 Å². The summed E-state index contributed by atoms with van der Waals surface area (Å²) in [5.74, 6) is 1.15. The number of unbranched alkanes of at least 4 members (excludes halogenated alkanes) is 1. The first-order valence-corrected chi connectivity index (χ1v) is 5.78. The van der Waals surface area contributed by atoms with Gasteiger partial charge < -0.3 is 4.74 Å². The van der Waals surface area contributed by atoms with Gasteiger partial charge >= 0.3 is 0 Å². The maximum Gasteiger partial charge on any atom is 0.0967 e. The van der Waals surface area contributed by atoms with Crippen molar-refractivity contribution in [3.8, 4) is 0 Å². The lowest BCUT2D eigenvalue weighted by Crippen LogP contribution is -2.06. The molecule has 80 valence electrons. The summed E-state index contributed by atoms with van der Waals surface area (Å²) in [5.41, 5.74) is 2.87. The predicted molar refractivity (Wildman–Crippen MR) is 62.8 cm³/mol. The minimum atomic E-state index is 0.866. The van der Waals surface area contributed by atoms with Gasteiger partial charge in [-0.2, -0.15) is 0 Å². The zero-order chi connectivity index (χ0) is 10.5. The molecule has 0 spiro atoms. The van der Waals surface area contributed by atoms with Crippen LogP contribution in [0.4, 0.5) is 0 Å². The molecule has 0 saturated carbocycles. The average molecular weight is 202 g/mol. The molecule has 1 heteroatoms. The molecule has 0 N–H and O–H groups in total. The van der Waals surface area contributed by atoms with E-state index >= 15 is 0 Å². The predicted octanol–water partition coefficient (Wildman–Crippen LogP) is 3.49. The highest BCUT2D eigenvalue weighted by Gasteiger charge is 2.10. The first-order valence-electron chi connectivity index (χ1n) is 5.78. The number of ether oxygens (including phenoxy) is 1. The Morgan fingerprint density at radius 1 is 1.20 bits per heavy atom. The summed E-state index contributed by atoms with van der Waals surface area (Å²) < 4.78 is 5.74. The van der Waals surface area contributed by atoms with Crippen LogP contribution in [-0.2, 0) is 17.6 Å². The van der Waals surface area contributed by atoms with Crippen molar-refractivity contribution in [2.75, 3.05) is 6.61 Å². The molecule has 2 rings (SSSR count). The van der Waals surface area contributed by atoms with E-state index in [1.807, 2.05) is 0 Å². The summed E-state index contributed by atoms with van der Waals surface area (Å²) in [6.07, 6.45) is 6.57. The van der Waals surface area contributed by atoms with Gasteiger partial charge in [0.1, 0.15) is 0 Å². The summed E-state index contributed by atoms with van der Waals surface area (Å²) >= 11 is 0. The van der Waals surface area contributed by atoms with Gasteiger partial charge in [-0.25, -0.2) is 0 Å². The van der Waals surface area contributed by atoms with Crippen LogP contribution in [0.15, 0.2) is 36.1 Å². The van der Waals surface area contributed by atoms with Gasteiger partial charge in [-0.1, -0.05) is 37.6 Å². The van der Waals surface area contributed by atoms with Crippen molar-refractivity contribution in [1.82, 2.24) is 0 Å². The number of allylic oxidation sites excluding steroid dienone is 2. The Hall–Kier alpha value is -1.24. The van der Waals surface area contributed by atoms with Crippen LogP contribution in [0.2, 0.25) is 0 Å². The molecule has 1 aliphatic carbocycles. The largest absolute Gasteiger partial charge is 0.498 e. The van der Waals surface area contributed by atoms with Gasteiger partial charge in [0, 0.05) is 6.42 Å². The van der Waals surface area contributed by atoms with Crippen LogP contribution in [0.1, 0.15) is 30.9 Å². The van der Waals surface area contributed by atoms with Crippen LogP contribution in [0.3, 0.4) is 0 Å². The molecule has 1 aliphatic rings. The van der Waals surface area contributed by atoms with Gasteiger partial charge in [0.15, 0.2) is 0 Å². The van der Waals surface area contributed by atoms with Crippen molar-refractivity contribution in [2.45, 2.75) is 32.6 Å². The Balaban J connectivity index is 1.94. The third-order valence-corrected chi connectivity index (χ3v) is 2.82. The second kappa shape index (κ2) is 5.01. The number of hydrogen-bond donors (Lipinski definition) is 0. The molecule has 1 aromatic carbocycles. The number of benzene rings is 1. The normalized spacial score (nSPS) is 14.3. The van der Waals surface area contributed by atoms with Crippen LogP contribution in [0.5, 0.6) is 0 Å². The number of rotatable bonds is 4. The minimum Gasteiger partial charge on any atom is -0.498 e. The van der Waals surface area contributed by atoms with E-state index in [1.165, 1.54) is 17.5 Å². The van der Waals surface area contributed by atoms with Gasteiger partial charge in [0.05, 0.1) is 12.4 Å². The molecule has 0 radical (unpaired) electrons. The van der Waals surface area contributed by atoms with Crippen molar-refractivity contribution in [1.29, 1.82) is 0 Å². The van der Waals surface area contributed by atoms with Gasteiger partial charge in [-0.3, -0.25) is 0 Å². The molecular weight excluding hydrogens is 184 g/mol. The third kappa shape index (κ3) is 2.62. The molecule has 1 aromatic rings. The molecule has 0 fully saturated rings. The van der Waals surface area contributed by atoms with E-state index in [2.05, 4.69) is 37.3 Å². The first-order chi connectivity index (χ1) is 7.40. The maximum atomic E-state index is 5.74. The SMILES string of the molecule is CCCCOC1=CCc2ccccc2C1. The van der Waals surface area contributed by atoms with Gasteiger partial charge in [-0.15, -0.1) is 0 Å². The van der Waals surface area contributed by atoms with E-state index < -0.39 is 0 Å². The molecule has 15 heavy (non-hydrogen) atoms. The number of fused-ring (bicyclic) bond motifs is 1. The molecule has 0 heterocycles. The smallest absolute Gasteiger partial charge is 0.0967 e. The molecule has 0 aliphatic heterocycles. The van der Waals surface area contributed by atoms with Gasteiger partial charge in [0.25, 0.3) is 0 Å². The van der Waals surface area contributed by atoms with Crippen molar-refractivity contribution in [3.63, 3.8) is 0 Å². The number of hydrogen-bond acceptors (Lipinski definition) is 1. The summed E-state index contributed by atoms with van der Waals surface area (Å²) in [6.45, 7) is 3.05. The Kier molecular flexibility index (Phi) is 3.44. The third-order valence-electron chi connectivity index (χ3n) is 2.82. The highest BCUT2D eigenvalue weighted by Crippen LogP contribution is 2.21. The summed E-state index contributed by atoms with van der Waals surface area (Å²) in [4.78, 5) is 0. The Bertz CT molecular complexity index is 352. The Morgan fingerprint density at radius 3 is 2.80 bits per heavy atom. The highest BCUT2D eigenvalue weighted by molar-refractivity contribution is 5.35. The fourth-order valence-electron chi connectivity index (χ4n) is 1.87. The lowest BCUT2D eigenvalue weighted by molar-refractivity contribution is 0.199. The quantitative estimate of drug-likeness (QED) is 0.679. The zero-order valence-electron chi connectivity index (χ0n) is 9.33. The summed E-state index contributed by atoms with van der Waals surface area (Å²) in [7, 11) is 0. The lowest BCUT2D eigenvalue weighted by atomic mass is 9.96. The van der Waals surface area contributed by atoms with E-state index in [0.717, 1.165) is 31.6 Å². The zero-order valence-corrected chi connectivity index (χ0v) is 9.33. The van der Waals surface area contributed by atoms with Crippen molar-refractivity contribution in [2.24, 2.45) is 0 Å². The fourth-order valence-corrected chi connectivity index (χ4v) is 1.87.